The Morgan fingerprint density at radius 2 is 1.33 bits per heavy atom. The van der Waals surface area contributed by atoms with E-state index in [1.54, 1.807) is 0 Å². The number of hydrogen-bond acceptors (Lipinski definition) is 2. The molecule has 0 aromatic rings. The summed E-state index contributed by atoms with van der Waals surface area (Å²) in [5.41, 5.74) is 0. The Kier molecular flexibility index (Phi) is 5.80. The summed E-state index contributed by atoms with van der Waals surface area (Å²) in [7, 11) is 0. The summed E-state index contributed by atoms with van der Waals surface area (Å²) >= 11 is 0. The van der Waals surface area contributed by atoms with Gasteiger partial charge in [0.15, 0.2) is 0 Å². The van der Waals surface area contributed by atoms with Crippen molar-refractivity contribution in [3.8, 4) is 0 Å². The van der Waals surface area contributed by atoms with E-state index in [0.29, 0.717) is 6.42 Å². The van der Waals surface area contributed by atoms with Crippen molar-refractivity contribution in [3.05, 3.63) is 0 Å². The van der Waals surface area contributed by atoms with Gasteiger partial charge in [0.25, 0.3) is 0 Å². The zero-order valence-electron chi connectivity index (χ0n) is 11.0. The summed E-state index contributed by atoms with van der Waals surface area (Å²) in [4.78, 5) is 11.7. The Morgan fingerprint density at radius 3 is 1.60 bits per heavy atom. The first-order valence-electron chi connectivity index (χ1n) is 6.24. The summed E-state index contributed by atoms with van der Waals surface area (Å²) in [5.74, 6) is 0.0163. The Hall–Kier alpha value is -0.100. The van der Waals surface area contributed by atoms with Crippen LogP contribution in [0.1, 0.15) is 47.5 Å². The molecule has 0 saturated carbocycles. The van der Waals surface area contributed by atoms with Crippen LogP contribution in [0.3, 0.4) is 0 Å². The third-order valence-corrected chi connectivity index (χ3v) is 11.1. The number of carbonyl (C=O) groups excluding carboxylic acids is 1. The van der Waals surface area contributed by atoms with Crippen LogP contribution in [0.4, 0.5) is 0 Å². The minimum absolute atomic E-state index is 0.0163. The van der Waals surface area contributed by atoms with E-state index in [2.05, 4.69) is 27.7 Å². The van der Waals surface area contributed by atoms with Gasteiger partial charge >= 0.3 is 94.2 Å². The fourth-order valence-corrected chi connectivity index (χ4v) is 6.00. The standard InChI is InChI=1S/C12H27O2P/c1-6-11-12(13)14-15(7-2,8-3,9-4)10-5/h6-11H2,1-5H3. The second-order valence-corrected chi connectivity index (χ2v) is 10.8. The number of hydrogen-bond donors (Lipinski definition) is 0. The molecule has 0 spiro atoms. The molecule has 0 saturated heterocycles. The predicted molar refractivity (Wildman–Crippen MR) is 70.1 cm³/mol. The van der Waals surface area contributed by atoms with Crippen LogP contribution < -0.4 is 0 Å². The van der Waals surface area contributed by atoms with E-state index in [9.17, 15) is 4.79 Å². The Labute approximate surface area is 94.8 Å². The Bertz CT molecular complexity index is 186. The maximum atomic E-state index is 11.7. The molecule has 0 N–H and O–H groups in total. The van der Waals surface area contributed by atoms with Gasteiger partial charge in [0.05, 0.1) is 0 Å². The van der Waals surface area contributed by atoms with Crippen LogP contribution in [0.25, 0.3) is 0 Å². The minimum atomic E-state index is -2.16. The van der Waals surface area contributed by atoms with Gasteiger partial charge in [0.2, 0.25) is 0 Å². The van der Waals surface area contributed by atoms with Gasteiger partial charge in [-0.25, -0.2) is 0 Å². The quantitative estimate of drug-likeness (QED) is 0.625. The van der Waals surface area contributed by atoms with Crippen molar-refractivity contribution < 1.29 is 9.32 Å². The first kappa shape index (κ1) is 14.9. The molecule has 0 atom stereocenters. The molecule has 0 rings (SSSR count). The van der Waals surface area contributed by atoms with Crippen LogP contribution in [-0.4, -0.2) is 30.6 Å². The SMILES string of the molecule is CCCC(=O)OP(CC)(CC)(CC)CC. The summed E-state index contributed by atoms with van der Waals surface area (Å²) in [6.45, 7) is 8.55. The van der Waals surface area contributed by atoms with Gasteiger partial charge in [-0.15, -0.1) is 0 Å². The van der Waals surface area contributed by atoms with Crippen LogP contribution in [-0.2, 0) is 9.32 Å². The van der Waals surface area contributed by atoms with E-state index < -0.39 is 6.83 Å². The van der Waals surface area contributed by atoms with Gasteiger partial charge in [0.1, 0.15) is 0 Å². The van der Waals surface area contributed by atoms with Crippen molar-refractivity contribution in [1.29, 1.82) is 0 Å². The molecule has 0 unspecified atom stereocenters. The van der Waals surface area contributed by atoms with E-state index in [4.69, 9.17) is 4.52 Å². The van der Waals surface area contributed by atoms with Gasteiger partial charge in [0, 0.05) is 0 Å². The third-order valence-electron chi connectivity index (χ3n) is 4.01. The zero-order valence-corrected chi connectivity index (χ0v) is 11.9. The predicted octanol–water partition coefficient (Wildman–Crippen LogP) is 3.88. The van der Waals surface area contributed by atoms with Crippen molar-refractivity contribution in [1.82, 2.24) is 0 Å². The molecule has 0 radical (unpaired) electrons. The van der Waals surface area contributed by atoms with E-state index in [0.717, 1.165) is 31.1 Å². The fraction of sp³-hybridized carbons (Fsp3) is 0.917. The summed E-state index contributed by atoms with van der Waals surface area (Å²) in [6, 6.07) is 0. The average Bonchev–Trinajstić information content (AvgIpc) is 2.27. The van der Waals surface area contributed by atoms with Crippen molar-refractivity contribution in [2.75, 3.05) is 24.6 Å². The Morgan fingerprint density at radius 1 is 0.933 bits per heavy atom. The van der Waals surface area contributed by atoms with Crippen LogP contribution in [0.15, 0.2) is 0 Å². The van der Waals surface area contributed by atoms with Crippen molar-refractivity contribution in [3.63, 3.8) is 0 Å². The molecular weight excluding hydrogens is 207 g/mol. The monoisotopic (exact) mass is 234 g/mol. The second-order valence-electron chi connectivity index (χ2n) is 4.34. The van der Waals surface area contributed by atoms with Gasteiger partial charge in [-0.1, -0.05) is 0 Å². The number of rotatable bonds is 7. The normalized spacial score (nSPS) is 14.3. The van der Waals surface area contributed by atoms with Crippen molar-refractivity contribution in [2.45, 2.75) is 47.5 Å². The van der Waals surface area contributed by atoms with E-state index in [1.165, 1.54) is 0 Å². The van der Waals surface area contributed by atoms with Crippen molar-refractivity contribution >= 4 is 12.8 Å². The maximum absolute atomic E-state index is 11.7. The summed E-state index contributed by atoms with van der Waals surface area (Å²) in [5, 5.41) is 0. The van der Waals surface area contributed by atoms with Crippen LogP contribution in [0.5, 0.6) is 0 Å². The zero-order chi connectivity index (χ0) is 12.0. The van der Waals surface area contributed by atoms with Crippen molar-refractivity contribution in [2.24, 2.45) is 0 Å². The molecule has 0 heterocycles. The summed E-state index contributed by atoms with van der Waals surface area (Å²) in [6.07, 6.45) is 5.58. The van der Waals surface area contributed by atoms with Gasteiger partial charge in [-0.05, 0) is 0 Å². The topological polar surface area (TPSA) is 26.3 Å². The van der Waals surface area contributed by atoms with Gasteiger partial charge in [-0.2, -0.15) is 0 Å². The fourth-order valence-electron chi connectivity index (χ4n) is 2.14. The first-order chi connectivity index (χ1) is 7.01. The molecule has 0 bridgehead atoms. The van der Waals surface area contributed by atoms with E-state index in [-0.39, 0.29) is 5.97 Å². The molecule has 92 valence electrons. The van der Waals surface area contributed by atoms with Crippen LogP contribution in [0.2, 0.25) is 0 Å². The van der Waals surface area contributed by atoms with Crippen LogP contribution >= 0.6 is 6.83 Å². The molecule has 0 aliphatic carbocycles. The summed E-state index contributed by atoms with van der Waals surface area (Å²) < 4.78 is 5.95. The van der Waals surface area contributed by atoms with E-state index >= 15 is 0 Å². The molecule has 3 heteroatoms. The first-order valence-corrected chi connectivity index (χ1v) is 9.14. The molecule has 0 aromatic carbocycles. The molecule has 0 aliphatic rings. The van der Waals surface area contributed by atoms with Gasteiger partial charge < -0.3 is 0 Å². The van der Waals surface area contributed by atoms with Gasteiger partial charge in [-0.3, -0.25) is 0 Å². The molecule has 0 aromatic heterocycles. The molecule has 15 heavy (non-hydrogen) atoms. The molecule has 2 nitrogen and oxygen atoms in total. The second kappa shape index (κ2) is 5.84. The molecule has 0 fully saturated rings. The average molecular weight is 234 g/mol. The third kappa shape index (κ3) is 3.17. The molecule has 0 amide bonds. The Balaban J connectivity index is 4.85. The van der Waals surface area contributed by atoms with E-state index in [1.807, 2.05) is 6.92 Å². The number of carbonyl (C=O) groups is 1. The van der Waals surface area contributed by atoms with Crippen LogP contribution in [0, 0.1) is 0 Å². The molecular formula is C12H27O2P. The molecule has 0 aliphatic heterocycles.